The molecule has 4 rings (SSSR count). The van der Waals surface area contributed by atoms with Crippen molar-refractivity contribution in [1.82, 2.24) is 35.6 Å². The Morgan fingerprint density at radius 3 is 1.84 bits per heavy atom. The first-order chi connectivity index (χ1) is 27.0. The third-order valence-electron chi connectivity index (χ3n) is 11.3. The monoisotopic (exact) mass is 787 g/mol. The lowest BCUT2D eigenvalue weighted by molar-refractivity contribution is -0.150. The fourth-order valence-electron chi connectivity index (χ4n) is 7.49. The number of carbonyl (C=O) groups is 7. The van der Waals surface area contributed by atoms with Crippen LogP contribution in [0.4, 0.5) is 0 Å². The SMILES string of the molecule is CC[C@H](C)[C@@H]1NC(=O)[C@H](C)N(C)C(=O)[C@H](Cc2ccccc2)NC(=O)CN(C)C(=O)[C@@H]2CCCN2C(=O)[C@@H](Cc2ccccc2)N(C)C(=O)[C@H](CC(C)C)NC1=O. The number of carbonyl (C=O) groups excluding carboxylic acids is 7. The zero-order valence-electron chi connectivity index (χ0n) is 34.7. The molecule has 2 heterocycles. The molecule has 0 aliphatic carbocycles. The molecule has 310 valence electrons. The summed E-state index contributed by atoms with van der Waals surface area (Å²) in [5.74, 6) is -4.01. The minimum Gasteiger partial charge on any atom is -0.342 e. The molecule has 2 saturated heterocycles. The van der Waals surface area contributed by atoms with E-state index in [9.17, 15) is 33.6 Å². The molecule has 0 bridgehead atoms. The van der Waals surface area contributed by atoms with Gasteiger partial charge in [0.1, 0.15) is 36.3 Å². The van der Waals surface area contributed by atoms with Gasteiger partial charge < -0.3 is 35.6 Å². The van der Waals surface area contributed by atoms with Crippen molar-refractivity contribution in [3.8, 4) is 0 Å². The molecule has 14 nitrogen and oxygen atoms in total. The van der Waals surface area contributed by atoms with Crippen molar-refractivity contribution in [2.45, 2.75) is 109 Å². The number of fused-ring (bicyclic) bond motifs is 1. The van der Waals surface area contributed by atoms with Crippen LogP contribution in [0, 0.1) is 11.8 Å². The number of hydrogen-bond acceptors (Lipinski definition) is 7. The van der Waals surface area contributed by atoms with Crippen molar-refractivity contribution in [2.24, 2.45) is 11.8 Å². The molecule has 7 amide bonds. The summed E-state index contributed by atoms with van der Waals surface area (Å²) in [6.45, 7) is 9.00. The summed E-state index contributed by atoms with van der Waals surface area (Å²) in [5.41, 5.74) is 1.57. The van der Waals surface area contributed by atoms with Gasteiger partial charge in [-0.2, -0.15) is 0 Å². The smallest absolute Gasteiger partial charge is 0.246 e. The van der Waals surface area contributed by atoms with Crippen LogP contribution in [0.1, 0.15) is 71.4 Å². The van der Waals surface area contributed by atoms with Gasteiger partial charge in [0.05, 0.1) is 6.54 Å². The normalized spacial score (nSPS) is 25.8. The molecule has 0 radical (unpaired) electrons. The second kappa shape index (κ2) is 20.2. The van der Waals surface area contributed by atoms with Crippen LogP contribution >= 0.6 is 0 Å². The lowest BCUT2D eigenvalue weighted by atomic mass is 9.95. The molecule has 57 heavy (non-hydrogen) atoms. The van der Waals surface area contributed by atoms with Crippen LogP contribution in [-0.2, 0) is 46.4 Å². The molecular formula is C43H61N7O7. The van der Waals surface area contributed by atoms with E-state index in [1.165, 1.54) is 33.7 Å². The van der Waals surface area contributed by atoms with Crippen LogP contribution in [0.2, 0.25) is 0 Å². The third kappa shape index (κ3) is 11.4. The van der Waals surface area contributed by atoms with Crippen molar-refractivity contribution in [3.63, 3.8) is 0 Å². The van der Waals surface area contributed by atoms with Crippen molar-refractivity contribution in [1.29, 1.82) is 0 Å². The van der Waals surface area contributed by atoms with Gasteiger partial charge in [-0.05, 0) is 49.1 Å². The summed E-state index contributed by atoms with van der Waals surface area (Å²) in [7, 11) is 4.49. The van der Waals surface area contributed by atoms with Crippen LogP contribution in [0.5, 0.6) is 0 Å². The second-order valence-corrected chi connectivity index (χ2v) is 16.0. The van der Waals surface area contributed by atoms with E-state index >= 15 is 0 Å². The van der Waals surface area contributed by atoms with Gasteiger partial charge in [-0.1, -0.05) is 94.8 Å². The molecule has 2 aliphatic rings. The lowest BCUT2D eigenvalue weighted by Crippen LogP contribution is -2.61. The Bertz CT molecular complexity index is 1740. The van der Waals surface area contributed by atoms with Gasteiger partial charge in [0.15, 0.2) is 0 Å². The summed E-state index contributed by atoms with van der Waals surface area (Å²) in [5, 5.41) is 8.56. The topological polar surface area (TPSA) is 169 Å². The van der Waals surface area contributed by atoms with E-state index in [0.717, 1.165) is 11.1 Å². The van der Waals surface area contributed by atoms with Gasteiger partial charge in [-0.3, -0.25) is 33.6 Å². The Morgan fingerprint density at radius 2 is 1.26 bits per heavy atom. The number of nitrogens with zero attached hydrogens (tertiary/aromatic N) is 4. The first kappa shape index (κ1) is 44.4. The molecule has 7 atom stereocenters. The van der Waals surface area contributed by atoms with Crippen molar-refractivity contribution in [3.05, 3.63) is 71.8 Å². The van der Waals surface area contributed by atoms with E-state index in [-0.39, 0.29) is 44.2 Å². The summed E-state index contributed by atoms with van der Waals surface area (Å²) in [6.07, 6.45) is 1.97. The van der Waals surface area contributed by atoms with Crippen LogP contribution in [0.15, 0.2) is 60.7 Å². The standard InChI is InChI=1S/C43H61N7O7/c1-9-28(4)37-39(53)45-32(23-27(2)3)41(55)49(8)35(25-31-19-14-11-15-20-31)43(57)50-22-16-21-34(50)42(56)47(6)26-36(51)44-33(24-30-17-12-10-13-18-30)40(54)48(7)29(5)38(52)46-37/h10-15,17-20,27-29,32-35,37H,9,16,21-26H2,1-8H3,(H,44,51)(H,45,53)(H,46,52)/t28-,29-,32-,33-,34-,35+,37-/m0/s1. The molecule has 3 N–H and O–H groups in total. The molecule has 0 aromatic heterocycles. The minimum atomic E-state index is -1.09. The number of nitrogens with one attached hydrogen (secondary N) is 3. The molecule has 0 unspecified atom stereocenters. The van der Waals surface area contributed by atoms with Gasteiger partial charge in [0.25, 0.3) is 0 Å². The van der Waals surface area contributed by atoms with Crippen molar-refractivity contribution >= 4 is 41.4 Å². The quantitative estimate of drug-likeness (QED) is 0.369. The zero-order chi connectivity index (χ0) is 42.0. The highest BCUT2D eigenvalue weighted by Gasteiger charge is 2.43. The van der Waals surface area contributed by atoms with E-state index < -0.39 is 77.6 Å². The van der Waals surface area contributed by atoms with E-state index in [1.54, 1.807) is 14.0 Å². The molecule has 2 aromatic rings. The highest BCUT2D eigenvalue weighted by Crippen LogP contribution is 2.24. The van der Waals surface area contributed by atoms with E-state index in [1.807, 2.05) is 88.4 Å². The maximum Gasteiger partial charge on any atom is 0.246 e. The minimum absolute atomic E-state index is 0.0296. The number of amides is 7. The van der Waals surface area contributed by atoms with Crippen molar-refractivity contribution < 1.29 is 33.6 Å². The van der Waals surface area contributed by atoms with Crippen LogP contribution in [-0.4, -0.2) is 131 Å². The predicted octanol–water partition coefficient (Wildman–Crippen LogP) is 2.16. The predicted molar refractivity (Wildman–Crippen MR) is 216 cm³/mol. The van der Waals surface area contributed by atoms with E-state index in [4.69, 9.17) is 0 Å². The second-order valence-electron chi connectivity index (χ2n) is 16.0. The Kier molecular flexibility index (Phi) is 15.8. The van der Waals surface area contributed by atoms with Crippen LogP contribution < -0.4 is 16.0 Å². The zero-order valence-corrected chi connectivity index (χ0v) is 34.7. The van der Waals surface area contributed by atoms with E-state index in [0.29, 0.717) is 19.3 Å². The highest BCUT2D eigenvalue weighted by molar-refractivity contribution is 5.98. The van der Waals surface area contributed by atoms with Crippen LogP contribution in [0.25, 0.3) is 0 Å². The first-order valence-corrected chi connectivity index (χ1v) is 20.1. The number of hydrogen-bond donors (Lipinski definition) is 3. The number of benzene rings is 2. The fraction of sp³-hybridized carbons (Fsp3) is 0.558. The van der Waals surface area contributed by atoms with Gasteiger partial charge in [0.2, 0.25) is 41.4 Å². The highest BCUT2D eigenvalue weighted by atomic mass is 16.2. The molecule has 14 heteroatoms. The molecule has 2 aromatic carbocycles. The Morgan fingerprint density at radius 1 is 0.684 bits per heavy atom. The largest absolute Gasteiger partial charge is 0.342 e. The molecule has 2 aliphatic heterocycles. The van der Waals surface area contributed by atoms with Gasteiger partial charge in [0, 0.05) is 40.5 Å². The van der Waals surface area contributed by atoms with Gasteiger partial charge >= 0.3 is 0 Å². The Balaban J connectivity index is 1.79. The summed E-state index contributed by atoms with van der Waals surface area (Å²) in [4.78, 5) is 104. The summed E-state index contributed by atoms with van der Waals surface area (Å²) < 4.78 is 0. The molecule has 0 spiro atoms. The average Bonchev–Trinajstić information content (AvgIpc) is 3.69. The maximum absolute atomic E-state index is 14.6. The number of likely N-dealkylation sites (N-methyl/N-ethyl adjacent to an activating group) is 3. The van der Waals surface area contributed by atoms with Gasteiger partial charge in [-0.25, -0.2) is 0 Å². The fourth-order valence-corrected chi connectivity index (χ4v) is 7.49. The lowest BCUT2D eigenvalue weighted by Gasteiger charge is -2.36. The van der Waals surface area contributed by atoms with Crippen LogP contribution in [0.3, 0.4) is 0 Å². The number of rotatable bonds is 8. The first-order valence-electron chi connectivity index (χ1n) is 20.1. The van der Waals surface area contributed by atoms with Gasteiger partial charge in [-0.15, -0.1) is 0 Å². The van der Waals surface area contributed by atoms with Crippen molar-refractivity contribution in [2.75, 3.05) is 34.2 Å². The Labute approximate surface area is 337 Å². The molecule has 2 fully saturated rings. The summed E-state index contributed by atoms with van der Waals surface area (Å²) >= 11 is 0. The maximum atomic E-state index is 14.6. The third-order valence-corrected chi connectivity index (χ3v) is 11.3. The summed E-state index contributed by atoms with van der Waals surface area (Å²) in [6, 6.07) is 12.3. The Hall–Kier alpha value is -5.27. The average molecular weight is 788 g/mol. The molecular weight excluding hydrogens is 727 g/mol. The molecule has 0 saturated carbocycles. The van der Waals surface area contributed by atoms with E-state index in [2.05, 4.69) is 16.0 Å².